The predicted molar refractivity (Wildman–Crippen MR) is 81.1 cm³/mol. The molecule has 5 nitrogen and oxygen atoms in total. The second-order valence-electron chi connectivity index (χ2n) is 4.88. The fraction of sp³-hybridized carbons (Fsp3) is 0.125. The molecule has 1 heterocycles. The molecule has 0 aliphatic heterocycles. The summed E-state index contributed by atoms with van der Waals surface area (Å²) >= 11 is 0. The molecule has 0 aliphatic rings. The van der Waals surface area contributed by atoms with Gasteiger partial charge in [-0.1, -0.05) is 36.4 Å². The molecule has 3 aromatic rings. The van der Waals surface area contributed by atoms with Crippen LogP contribution in [0.15, 0.2) is 42.5 Å². The Morgan fingerprint density at radius 3 is 2.38 bits per heavy atom. The monoisotopic (exact) mass is 279 g/mol. The number of aromatic nitrogens is 2. The highest BCUT2D eigenvalue weighted by molar-refractivity contribution is 5.87. The third-order valence-electron chi connectivity index (χ3n) is 3.42. The van der Waals surface area contributed by atoms with Gasteiger partial charge in [0.2, 0.25) is 0 Å². The largest absolute Gasteiger partial charge is 0.299 e. The van der Waals surface area contributed by atoms with E-state index in [0.717, 1.165) is 11.3 Å². The number of nitro groups is 1. The number of rotatable bonds is 2. The Bertz CT molecular complexity index is 845. The Balaban J connectivity index is 2.36. The van der Waals surface area contributed by atoms with Crippen LogP contribution in [0.25, 0.3) is 22.3 Å². The Kier molecular flexibility index (Phi) is 3.10. The first kappa shape index (κ1) is 13.2. The summed E-state index contributed by atoms with van der Waals surface area (Å²) < 4.78 is 0. The highest BCUT2D eigenvalue weighted by Crippen LogP contribution is 2.30. The molecule has 1 aromatic heterocycles. The second kappa shape index (κ2) is 4.94. The highest BCUT2D eigenvalue weighted by Gasteiger charge is 2.19. The van der Waals surface area contributed by atoms with Crippen molar-refractivity contribution in [2.24, 2.45) is 0 Å². The van der Waals surface area contributed by atoms with Crippen molar-refractivity contribution in [3.63, 3.8) is 0 Å². The van der Waals surface area contributed by atoms with Crippen LogP contribution >= 0.6 is 0 Å². The van der Waals surface area contributed by atoms with Gasteiger partial charge in [-0.3, -0.25) is 10.1 Å². The number of nitro benzene ring substituents is 1. The van der Waals surface area contributed by atoms with Gasteiger partial charge in [0, 0.05) is 11.1 Å². The van der Waals surface area contributed by atoms with Crippen molar-refractivity contribution in [3.05, 3.63) is 63.8 Å². The number of aryl methyl sites for hydroxylation is 2. The topological polar surface area (TPSA) is 68.9 Å². The Hall–Kier alpha value is -2.82. The summed E-state index contributed by atoms with van der Waals surface area (Å²) in [5, 5.41) is 11.3. The molecule has 5 heteroatoms. The minimum absolute atomic E-state index is 0.0252. The van der Waals surface area contributed by atoms with Gasteiger partial charge in [-0.05, 0) is 19.9 Å². The molecule has 0 radical (unpaired) electrons. The molecule has 0 fully saturated rings. The lowest BCUT2D eigenvalue weighted by Gasteiger charge is -2.08. The number of hydrogen-bond donors (Lipinski definition) is 0. The standard InChI is InChI=1S/C16H13N3O2/c1-10-8-9-13-15(16(10)19(20)21)18-14(11(2)17-13)12-6-4-3-5-7-12/h3-9H,1-2H3. The SMILES string of the molecule is Cc1ccc2nc(C)c(-c3ccccc3)nc2c1[N+](=O)[O-]. The van der Waals surface area contributed by atoms with Crippen LogP contribution in [0.4, 0.5) is 5.69 Å². The molecule has 2 aromatic carbocycles. The lowest BCUT2D eigenvalue weighted by Crippen LogP contribution is -1.99. The van der Waals surface area contributed by atoms with Crippen molar-refractivity contribution in [2.75, 3.05) is 0 Å². The van der Waals surface area contributed by atoms with Gasteiger partial charge in [-0.2, -0.15) is 0 Å². The average molecular weight is 279 g/mol. The van der Waals surface area contributed by atoms with Crippen molar-refractivity contribution in [1.29, 1.82) is 0 Å². The molecule has 0 bridgehead atoms. The maximum absolute atomic E-state index is 11.3. The maximum Gasteiger partial charge on any atom is 0.299 e. The molecule has 0 atom stereocenters. The van der Waals surface area contributed by atoms with Gasteiger partial charge in [0.25, 0.3) is 5.69 Å². The van der Waals surface area contributed by atoms with Crippen LogP contribution in [-0.4, -0.2) is 14.9 Å². The van der Waals surface area contributed by atoms with E-state index in [1.807, 2.05) is 37.3 Å². The van der Waals surface area contributed by atoms with Gasteiger partial charge < -0.3 is 0 Å². The molecule has 3 rings (SSSR count). The van der Waals surface area contributed by atoms with Crippen LogP contribution < -0.4 is 0 Å². The number of benzene rings is 2. The summed E-state index contributed by atoms with van der Waals surface area (Å²) in [7, 11) is 0. The van der Waals surface area contributed by atoms with Gasteiger partial charge in [0.1, 0.15) is 0 Å². The van der Waals surface area contributed by atoms with Gasteiger partial charge in [-0.25, -0.2) is 9.97 Å². The fourth-order valence-electron chi connectivity index (χ4n) is 2.40. The zero-order valence-electron chi connectivity index (χ0n) is 11.7. The van der Waals surface area contributed by atoms with Crippen LogP contribution in [0.2, 0.25) is 0 Å². The van der Waals surface area contributed by atoms with E-state index in [2.05, 4.69) is 9.97 Å². The Morgan fingerprint density at radius 2 is 1.71 bits per heavy atom. The Morgan fingerprint density at radius 1 is 1.00 bits per heavy atom. The minimum atomic E-state index is -0.392. The first-order valence-electron chi connectivity index (χ1n) is 6.55. The summed E-state index contributed by atoms with van der Waals surface area (Å²) in [5.74, 6) is 0. The summed E-state index contributed by atoms with van der Waals surface area (Å²) in [6.45, 7) is 3.57. The molecule has 104 valence electrons. The summed E-state index contributed by atoms with van der Waals surface area (Å²) in [4.78, 5) is 19.9. The van der Waals surface area contributed by atoms with E-state index in [4.69, 9.17) is 0 Å². The first-order valence-corrected chi connectivity index (χ1v) is 6.55. The van der Waals surface area contributed by atoms with Gasteiger partial charge in [0.05, 0.1) is 21.8 Å². The van der Waals surface area contributed by atoms with Crippen LogP contribution in [0.3, 0.4) is 0 Å². The summed E-state index contributed by atoms with van der Waals surface area (Å²) in [6.07, 6.45) is 0. The van der Waals surface area contributed by atoms with Crippen LogP contribution in [0.1, 0.15) is 11.3 Å². The zero-order valence-corrected chi connectivity index (χ0v) is 11.7. The van der Waals surface area contributed by atoms with Crippen LogP contribution in [0.5, 0.6) is 0 Å². The second-order valence-corrected chi connectivity index (χ2v) is 4.88. The van der Waals surface area contributed by atoms with Crippen molar-refractivity contribution in [2.45, 2.75) is 13.8 Å². The molecule has 0 spiro atoms. The predicted octanol–water partition coefficient (Wildman–Crippen LogP) is 3.82. The molecule has 0 saturated heterocycles. The van der Waals surface area contributed by atoms with E-state index < -0.39 is 4.92 Å². The van der Waals surface area contributed by atoms with Crippen LogP contribution in [-0.2, 0) is 0 Å². The minimum Gasteiger partial charge on any atom is -0.258 e. The van der Waals surface area contributed by atoms with E-state index in [1.54, 1.807) is 19.1 Å². The highest BCUT2D eigenvalue weighted by atomic mass is 16.6. The smallest absolute Gasteiger partial charge is 0.258 e. The van der Waals surface area contributed by atoms with Crippen molar-refractivity contribution in [3.8, 4) is 11.3 Å². The molecular weight excluding hydrogens is 266 g/mol. The van der Waals surface area contributed by atoms with Crippen molar-refractivity contribution >= 4 is 16.7 Å². The van der Waals surface area contributed by atoms with E-state index in [9.17, 15) is 10.1 Å². The van der Waals surface area contributed by atoms with Gasteiger partial charge >= 0.3 is 0 Å². The zero-order chi connectivity index (χ0) is 15.0. The molecule has 0 saturated carbocycles. The van der Waals surface area contributed by atoms with E-state index in [1.165, 1.54) is 0 Å². The maximum atomic E-state index is 11.3. The lowest BCUT2D eigenvalue weighted by atomic mass is 10.1. The fourth-order valence-corrected chi connectivity index (χ4v) is 2.40. The van der Waals surface area contributed by atoms with Gasteiger partial charge in [0.15, 0.2) is 5.52 Å². The molecular formula is C16H13N3O2. The quantitative estimate of drug-likeness (QED) is 0.528. The normalized spacial score (nSPS) is 10.8. The molecule has 0 aliphatic carbocycles. The van der Waals surface area contributed by atoms with Crippen molar-refractivity contribution in [1.82, 2.24) is 9.97 Å². The summed E-state index contributed by atoms with van der Waals surface area (Å²) in [6, 6.07) is 13.1. The summed E-state index contributed by atoms with van der Waals surface area (Å²) in [5.41, 5.74) is 3.83. The first-order chi connectivity index (χ1) is 10.1. The third kappa shape index (κ3) is 2.23. The third-order valence-corrected chi connectivity index (χ3v) is 3.42. The van der Waals surface area contributed by atoms with E-state index >= 15 is 0 Å². The van der Waals surface area contributed by atoms with E-state index in [-0.39, 0.29) is 5.69 Å². The molecule has 21 heavy (non-hydrogen) atoms. The van der Waals surface area contributed by atoms with Crippen molar-refractivity contribution < 1.29 is 4.92 Å². The molecule has 0 amide bonds. The van der Waals surface area contributed by atoms with E-state index in [0.29, 0.717) is 22.3 Å². The molecule has 0 N–H and O–H groups in total. The van der Waals surface area contributed by atoms with Gasteiger partial charge in [-0.15, -0.1) is 0 Å². The number of hydrogen-bond acceptors (Lipinski definition) is 4. The lowest BCUT2D eigenvalue weighted by molar-refractivity contribution is -0.383. The Labute approximate surface area is 121 Å². The number of nitrogens with zero attached hydrogens (tertiary/aromatic N) is 3. The number of fused-ring (bicyclic) bond motifs is 1. The van der Waals surface area contributed by atoms with Crippen LogP contribution in [0, 0.1) is 24.0 Å². The molecule has 0 unspecified atom stereocenters. The average Bonchev–Trinajstić information content (AvgIpc) is 2.47.